The second-order valence-electron chi connectivity index (χ2n) is 8.02. The zero-order valence-corrected chi connectivity index (χ0v) is 19.3. The van der Waals surface area contributed by atoms with Crippen LogP contribution in [0.5, 0.6) is 11.5 Å². The normalized spacial score (nSPS) is 19.7. The summed E-state index contributed by atoms with van der Waals surface area (Å²) in [6.07, 6.45) is 0. The van der Waals surface area contributed by atoms with Gasteiger partial charge in [0.15, 0.2) is 27.3 Å². The van der Waals surface area contributed by atoms with Gasteiger partial charge in [-0.05, 0) is 45.6 Å². The number of rotatable bonds is 6. The summed E-state index contributed by atoms with van der Waals surface area (Å²) in [5.41, 5.74) is 1.08. The van der Waals surface area contributed by atoms with Crippen LogP contribution in [-0.2, 0) is 9.84 Å². The Hall–Kier alpha value is -2.00. The number of nitrogens with one attached hydrogen (secondary N) is 1. The maximum Gasteiger partial charge on any atom is 0.193 e. The molecule has 0 aromatic heterocycles. The minimum atomic E-state index is -3.10. The lowest BCUT2D eigenvalue weighted by Crippen LogP contribution is -2.57. The summed E-state index contributed by atoms with van der Waals surface area (Å²) in [5.74, 6) is 2.21. The van der Waals surface area contributed by atoms with Crippen LogP contribution in [0.2, 0.25) is 0 Å². The van der Waals surface area contributed by atoms with Gasteiger partial charge in [0, 0.05) is 26.7 Å². The van der Waals surface area contributed by atoms with E-state index in [-0.39, 0.29) is 11.8 Å². The molecule has 1 N–H and O–H groups in total. The van der Waals surface area contributed by atoms with Crippen LogP contribution in [0.25, 0.3) is 0 Å². The molecule has 1 atom stereocenters. The van der Waals surface area contributed by atoms with E-state index in [2.05, 4.69) is 15.2 Å². The predicted molar refractivity (Wildman–Crippen MR) is 117 cm³/mol. The molecule has 0 amide bonds. The standard InChI is InChI=1S/C20H34N4O4S/c1-20(2)14-24(10-11-29(20,25)26)19(21-3)22-13-16(23(4)5)15-8-9-17(27-6)18(12-15)28-7/h8-9,12,16H,10-11,13-14H2,1-7H3,(H,21,22). The molecule has 1 aliphatic heterocycles. The van der Waals surface area contributed by atoms with Crippen molar-refractivity contribution < 1.29 is 17.9 Å². The van der Waals surface area contributed by atoms with Crippen molar-refractivity contribution in [3.63, 3.8) is 0 Å². The van der Waals surface area contributed by atoms with Crippen molar-refractivity contribution in [2.24, 2.45) is 4.99 Å². The summed E-state index contributed by atoms with van der Waals surface area (Å²) >= 11 is 0. The monoisotopic (exact) mass is 426 g/mol. The molecule has 29 heavy (non-hydrogen) atoms. The van der Waals surface area contributed by atoms with E-state index >= 15 is 0 Å². The Morgan fingerprint density at radius 1 is 1.28 bits per heavy atom. The molecule has 0 bridgehead atoms. The van der Waals surface area contributed by atoms with E-state index in [0.29, 0.717) is 37.1 Å². The Bertz CT molecular complexity index is 837. The summed E-state index contributed by atoms with van der Waals surface area (Å²) in [5, 5.41) is 3.42. The van der Waals surface area contributed by atoms with Crippen LogP contribution in [0.3, 0.4) is 0 Å². The van der Waals surface area contributed by atoms with Crippen molar-refractivity contribution in [3.05, 3.63) is 23.8 Å². The molecule has 1 aliphatic rings. The Morgan fingerprint density at radius 2 is 1.93 bits per heavy atom. The van der Waals surface area contributed by atoms with Crippen molar-refractivity contribution in [1.29, 1.82) is 0 Å². The molecule has 0 aliphatic carbocycles. The molecule has 1 saturated heterocycles. The maximum absolute atomic E-state index is 12.3. The fraction of sp³-hybridized carbons (Fsp3) is 0.650. The van der Waals surface area contributed by atoms with Gasteiger partial charge in [0.25, 0.3) is 0 Å². The molecular formula is C20H34N4O4S. The van der Waals surface area contributed by atoms with Crippen molar-refractivity contribution in [1.82, 2.24) is 15.1 Å². The Labute approximate surface area is 174 Å². The maximum atomic E-state index is 12.3. The summed E-state index contributed by atoms with van der Waals surface area (Å²) in [6.45, 7) is 5.01. The van der Waals surface area contributed by atoms with Gasteiger partial charge in [0.1, 0.15) is 0 Å². The van der Waals surface area contributed by atoms with Crippen molar-refractivity contribution in [3.8, 4) is 11.5 Å². The molecule has 1 aromatic carbocycles. The number of ether oxygens (including phenoxy) is 2. The molecule has 1 aromatic rings. The lowest BCUT2D eigenvalue weighted by molar-refractivity contribution is 0.289. The van der Waals surface area contributed by atoms with Gasteiger partial charge in [0.05, 0.1) is 30.8 Å². The number of likely N-dealkylation sites (N-methyl/N-ethyl adjacent to an activating group) is 1. The van der Waals surface area contributed by atoms with Gasteiger partial charge in [-0.3, -0.25) is 4.99 Å². The highest BCUT2D eigenvalue weighted by atomic mass is 32.2. The van der Waals surface area contributed by atoms with Crippen LogP contribution >= 0.6 is 0 Å². The molecule has 164 valence electrons. The number of methoxy groups -OCH3 is 2. The molecule has 1 unspecified atom stereocenters. The number of guanidine groups is 1. The van der Waals surface area contributed by atoms with Crippen molar-refractivity contribution >= 4 is 15.8 Å². The van der Waals surface area contributed by atoms with E-state index in [1.165, 1.54) is 0 Å². The minimum absolute atomic E-state index is 0.0630. The molecule has 0 spiro atoms. The third-order valence-corrected chi connectivity index (χ3v) is 7.96. The summed E-state index contributed by atoms with van der Waals surface area (Å²) in [4.78, 5) is 8.52. The highest BCUT2D eigenvalue weighted by Gasteiger charge is 2.41. The number of hydrogen-bond donors (Lipinski definition) is 1. The molecule has 9 heteroatoms. The summed E-state index contributed by atoms with van der Waals surface area (Å²) in [6, 6.07) is 5.96. The molecule has 2 rings (SSSR count). The second kappa shape index (κ2) is 9.21. The van der Waals surface area contributed by atoms with E-state index in [9.17, 15) is 8.42 Å². The van der Waals surface area contributed by atoms with Gasteiger partial charge in [-0.15, -0.1) is 0 Å². The first-order valence-corrected chi connectivity index (χ1v) is 11.3. The largest absolute Gasteiger partial charge is 0.493 e. The average molecular weight is 427 g/mol. The van der Waals surface area contributed by atoms with Crippen LogP contribution in [0.4, 0.5) is 0 Å². The SMILES string of the molecule is CN=C(NCC(c1ccc(OC)c(OC)c1)N(C)C)N1CCS(=O)(=O)C(C)(C)C1. The van der Waals surface area contributed by atoms with Crippen LogP contribution in [0.15, 0.2) is 23.2 Å². The first-order chi connectivity index (χ1) is 13.6. The van der Waals surface area contributed by atoms with Crippen LogP contribution in [0, 0.1) is 0 Å². The molecule has 1 heterocycles. The van der Waals surface area contributed by atoms with Crippen LogP contribution in [0.1, 0.15) is 25.5 Å². The number of nitrogens with zero attached hydrogens (tertiary/aromatic N) is 3. The van der Waals surface area contributed by atoms with E-state index in [4.69, 9.17) is 9.47 Å². The van der Waals surface area contributed by atoms with Gasteiger partial charge in [-0.25, -0.2) is 8.42 Å². The number of sulfone groups is 1. The first-order valence-electron chi connectivity index (χ1n) is 9.62. The third kappa shape index (κ3) is 5.14. The van der Waals surface area contributed by atoms with E-state index < -0.39 is 14.6 Å². The Morgan fingerprint density at radius 3 is 2.45 bits per heavy atom. The fourth-order valence-electron chi connectivity index (χ4n) is 3.50. The van der Waals surface area contributed by atoms with Gasteiger partial charge in [-0.1, -0.05) is 6.07 Å². The number of benzene rings is 1. The molecule has 1 fully saturated rings. The van der Waals surface area contributed by atoms with Crippen molar-refractivity contribution in [2.45, 2.75) is 24.6 Å². The Balaban J connectivity index is 2.16. The zero-order valence-electron chi connectivity index (χ0n) is 18.5. The smallest absolute Gasteiger partial charge is 0.193 e. The zero-order chi connectivity index (χ0) is 21.8. The van der Waals surface area contributed by atoms with Gasteiger partial charge in [-0.2, -0.15) is 0 Å². The van der Waals surface area contributed by atoms with E-state index in [0.717, 1.165) is 5.56 Å². The summed E-state index contributed by atoms with van der Waals surface area (Å²) in [7, 11) is 5.90. The molecule has 8 nitrogen and oxygen atoms in total. The Kier molecular flexibility index (Phi) is 7.40. The van der Waals surface area contributed by atoms with E-state index in [1.54, 1.807) is 35.1 Å². The quantitative estimate of drug-likeness (QED) is 0.544. The highest BCUT2D eigenvalue weighted by Crippen LogP contribution is 2.31. The van der Waals surface area contributed by atoms with Crippen molar-refractivity contribution in [2.75, 3.05) is 60.7 Å². The van der Waals surface area contributed by atoms with E-state index in [1.807, 2.05) is 37.2 Å². The average Bonchev–Trinajstić information content (AvgIpc) is 2.67. The fourth-order valence-corrected chi connectivity index (χ4v) is 4.87. The van der Waals surface area contributed by atoms with Crippen LogP contribution in [-0.4, -0.2) is 89.7 Å². The highest BCUT2D eigenvalue weighted by molar-refractivity contribution is 7.92. The predicted octanol–water partition coefficient (Wildman–Crippen LogP) is 1.39. The van der Waals surface area contributed by atoms with Crippen LogP contribution < -0.4 is 14.8 Å². The number of hydrogen-bond acceptors (Lipinski definition) is 6. The lowest BCUT2D eigenvalue weighted by atomic mass is 10.1. The third-order valence-electron chi connectivity index (χ3n) is 5.42. The van der Waals surface area contributed by atoms with Gasteiger partial charge >= 0.3 is 0 Å². The van der Waals surface area contributed by atoms with Gasteiger partial charge in [0.2, 0.25) is 0 Å². The second-order valence-corrected chi connectivity index (χ2v) is 10.8. The summed E-state index contributed by atoms with van der Waals surface area (Å²) < 4.78 is 34.6. The topological polar surface area (TPSA) is 83.5 Å². The molecule has 0 radical (unpaired) electrons. The lowest BCUT2D eigenvalue weighted by Gasteiger charge is -2.39. The number of aliphatic imine (C=N–C) groups is 1. The molecule has 0 saturated carbocycles. The first kappa shape index (κ1) is 23.3. The van der Waals surface area contributed by atoms with Gasteiger partial charge < -0.3 is 24.6 Å². The minimum Gasteiger partial charge on any atom is -0.493 e. The molecular weight excluding hydrogens is 392 g/mol.